The summed E-state index contributed by atoms with van der Waals surface area (Å²) in [5, 5.41) is 0. The summed E-state index contributed by atoms with van der Waals surface area (Å²) in [6, 6.07) is 3.70. The smallest absolute Gasteiger partial charge is 0.254 e. The molecule has 0 bridgehead atoms. The largest absolute Gasteiger partial charge is 0.334 e. The van der Waals surface area contributed by atoms with Crippen molar-refractivity contribution in [2.24, 2.45) is 5.73 Å². The summed E-state index contributed by atoms with van der Waals surface area (Å²) in [6.07, 6.45) is 5.35. The lowest BCUT2D eigenvalue weighted by Gasteiger charge is -2.23. The fourth-order valence-electron chi connectivity index (χ4n) is 2.01. The van der Waals surface area contributed by atoms with E-state index in [0.29, 0.717) is 12.1 Å². The Hall–Kier alpha value is -0.840. The minimum absolute atomic E-state index is 0. The highest BCUT2D eigenvalue weighted by molar-refractivity contribution is 5.94. The molecule has 96 valence electrons. The average molecular weight is 278 g/mol. The highest BCUT2D eigenvalue weighted by atomic mass is 35.5. The summed E-state index contributed by atoms with van der Waals surface area (Å²) in [4.78, 5) is 17.8. The molecule has 2 rings (SSSR count). The Balaban J connectivity index is 0.00000128. The summed E-state index contributed by atoms with van der Waals surface area (Å²) in [7, 11) is 0. The van der Waals surface area contributed by atoms with Gasteiger partial charge in [0.15, 0.2) is 0 Å². The number of hydrogen-bond donors (Lipinski definition) is 1. The van der Waals surface area contributed by atoms with Gasteiger partial charge in [0.05, 0.1) is 0 Å². The fourth-order valence-corrected chi connectivity index (χ4v) is 2.01. The Morgan fingerprint density at radius 2 is 2.06 bits per heavy atom. The van der Waals surface area contributed by atoms with E-state index in [9.17, 15) is 4.79 Å². The van der Waals surface area contributed by atoms with Gasteiger partial charge in [0.2, 0.25) is 0 Å². The normalized spacial score (nSPS) is 18.2. The maximum Gasteiger partial charge on any atom is 0.254 e. The lowest BCUT2D eigenvalue weighted by Crippen LogP contribution is -2.39. The van der Waals surface area contributed by atoms with E-state index in [1.807, 2.05) is 4.90 Å². The second-order valence-electron chi connectivity index (χ2n) is 3.77. The van der Waals surface area contributed by atoms with Crippen molar-refractivity contribution in [2.45, 2.75) is 18.9 Å². The molecule has 1 atom stereocenters. The van der Waals surface area contributed by atoms with Crippen LogP contribution in [-0.4, -0.2) is 34.9 Å². The van der Waals surface area contributed by atoms with E-state index in [1.54, 1.807) is 24.5 Å². The molecule has 1 saturated heterocycles. The third-order valence-corrected chi connectivity index (χ3v) is 2.84. The molecule has 0 aliphatic carbocycles. The number of aromatic nitrogens is 1. The first kappa shape index (κ1) is 16.2. The van der Waals surface area contributed by atoms with Crippen LogP contribution in [0.25, 0.3) is 0 Å². The van der Waals surface area contributed by atoms with Gasteiger partial charge < -0.3 is 10.6 Å². The fraction of sp³-hybridized carbons (Fsp3) is 0.455. The highest BCUT2D eigenvalue weighted by Gasteiger charge is 2.27. The number of pyridine rings is 1. The Morgan fingerprint density at radius 1 is 1.41 bits per heavy atom. The summed E-state index contributed by atoms with van der Waals surface area (Å²) in [6.45, 7) is 1.37. The minimum atomic E-state index is 0. The Labute approximate surface area is 113 Å². The van der Waals surface area contributed by atoms with Crippen LogP contribution in [0.2, 0.25) is 0 Å². The molecule has 6 heteroatoms. The lowest BCUT2D eigenvalue weighted by atomic mass is 10.2. The van der Waals surface area contributed by atoms with Crippen LogP contribution in [-0.2, 0) is 0 Å². The van der Waals surface area contributed by atoms with Crippen LogP contribution in [0.5, 0.6) is 0 Å². The number of rotatable bonds is 2. The Kier molecular flexibility index (Phi) is 7.11. The van der Waals surface area contributed by atoms with E-state index in [0.717, 1.165) is 19.4 Å². The number of nitrogens with two attached hydrogens (primary N) is 1. The van der Waals surface area contributed by atoms with Gasteiger partial charge in [-0.1, -0.05) is 0 Å². The van der Waals surface area contributed by atoms with E-state index < -0.39 is 0 Å². The molecule has 1 amide bonds. The van der Waals surface area contributed by atoms with Gasteiger partial charge in [0.25, 0.3) is 5.91 Å². The van der Waals surface area contributed by atoms with Crippen molar-refractivity contribution < 1.29 is 4.79 Å². The van der Waals surface area contributed by atoms with Gasteiger partial charge in [0, 0.05) is 37.1 Å². The van der Waals surface area contributed by atoms with Crippen molar-refractivity contribution in [3.05, 3.63) is 30.1 Å². The molecule has 1 aliphatic heterocycles. The van der Waals surface area contributed by atoms with E-state index in [4.69, 9.17) is 5.73 Å². The third-order valence-electron chi connectivity index (χ3n) is 2.84. The monoisotopic (exact) mass is 277 g/mol. The SMILES string of the molecule is Cl.Cl.NCC1CCCN1C(=O)c1ccncc1. The molecule has 0 aromatic carbocycles. The second-order valence-corrected chi connectivity index (χ2v) is 3.77. The molecule has 1 aromatic heterocycles. The maximum atomic E-state index is 12.1. The van der Waals surface area contributed by atoms with Gasteiger partial charge >= 0.3 is 0 Å². The van der Waals surface area contributed by atoms with Crippen LogP contribution < -0.4 is 5.73 Å². The zero-order valence-electron chi connectivity index (χ0n) is 9.41. The standard InChI is InChI=1S/C11H15N3O.2ClH/c12-8-10-2-1-7-14(10)11(15)9-3-5-13-6-4-9;;/h3-6,10H,1-2,7-8,12H2;2*1H. The summed E-state index contributed by atoms with van der Waals surface area (Å²) >= 11 is 0. The quantitative estimate of drug-likeness (QED) is 0.891. The molecule has 17 heavy (non-hydrogen) atoms. The first-order chi connectivity index (χ1) is 7.33. The molecular formula is C11H17Cl2N3O. The van der Waals surface area contributed by atoms with Crippen LogP contribution in [0, 0.1) is 0 Å². The molecule has 2 heterocycles. The number of carbonyl (C=O) groups is 1. The van der Waals surface area contributed by atoms with Crippen molar-refractivity contribution in [3.8, 4) is 0 Å². The average Bonchev–Trinajstić information content (AvgIpc) is 2.77. The number of amides is 1. The van der Waals surface area contributed by atoms with E-state index >= 15 is 0 Å². The molecule has 1 fully saturated rings. The van der Waals surface area contributed by atoms with Gasteiger partial charge in [-0.2, -0.15) is 0 Å². The number of carbonyl (C=O) groups excluding carboxylic acids is 1. The predicted octanol–water partition coefficient (Wildman–Crippen LogP) is 1.49. The minimum Gasteiger partial charge on any atom is -0.334 e. The molecule has 2 N–H and O–H groups in total. The van der Waals surface area contributed by atoms with Crippen molar-refractivity contribution in [2.75, 3.05) is 13.1 Å². The van der Waals surface area contributed by atoms with Gasteiger partial charge in [0.1, 0.15) is 0 Å². The van der Waals surface area contributed by atoms with Crippen LogP contribution in [0.1, 0.15) is 23.2 Å². The predicted molar refractivity (Wildman–Crippen MR) is 71.8 cm³/mol. The molecule has 0 spiro atoms. The number of likely N-dealkylation sites (tertiary alicyclic amines) is 1. The molecule has 0 radical (unpaired) electrons. The van der Waals surface area contributed by atoms with Gasteiger partial charge in [-0.15, -0.1) is 24.8 Å². The number of halogens is 2. The summed E-state index contributed by atoms with van der Waals surface area (Å²) in [5.41, 5.74) is 6.33. The Morgan fingerprint density at radius 3 is 2.65 bits per heavy atom. The van der Waals surface area contributed by atoms with Crippen LogP contribution in [0.3, 0.4) is 0 Å². The topological polar surface area (TPSA) is 59.2 Å². The molecule has 1 aliphatic rings. The van der Waals surface area contributed by atoms with Gasteiger partial charge in [-0.05, 0) is 25.0 Å². The maximum absolute atomic E-state index is 12.1. The first-order valence-corrected chi connectivity index (χ1v) is 5.24. The lowest BCUT2D eigenvalue weighted by molar-refractivity contribution is 0.0741. The van der Waals surface area contributed by atoms with Crippen molar-refractivity contribution in [1.29, 1.82) is 0 Å². The number of nitrogens with zero attached hydrogens (tertiary/aromatic N) is 2. The zero-order chi connectivity index (χ0) is 10.7. The van der Waals surface area contributed by atoms with Crippen molar-refractivity contribution in [3.63, 3.8) is 0 Å². The van der Waals surface area contributed by atoms with E-state index in [1.165, 1.54) is 0 Å². The van der Waals surface area contributed by atoms with Crippen LogP contribution >= 0.6 is 24.8 Å². The van der Waals surface area contributed by atoms with E-state index in [-0.39, 0.29) is 36.8 Å². The summed E-state index contributed by atoms with van der Waals surface area (Å²) < 4.78 is 0. The van der Waals surface area contributed by atoms with Crippen molar-refractivity contribution >= 4 is 30.7 Å². The van der Waals surface area contributed by atoms with Gasteiger partial charge in [-0.25, -0.2) is 0 Å². The second kappa shape index (κ2) is 7.48. The molecule has 0 saturated carbocycles. The zero-order valence-corrected chi connectivity index (χ0v) is 11.0. The van der Waals surface area contributed by atoms with E-state index in [2.05, 4.69) is 4.98 Å². The van der Waals surface area contributed by atoms with Crippen LogP contribution in [0.15, 0.2) is 24.5 Å². The highest BCUT2D eigenvalue weighted by Crippen LogP contribution is 2.18. The summed E-state index contributed by atoms with van der Waals surface area (Å²) in [5.74, 6) is 0.0744. The molecule has 1 unspecified atom stereocenters. The van der Waals surface area contributed by atoms with Crippen LogP contribution in [0.4, 0.5) is 0 Å². The van der Waals surface area contributed by atoms with Gasteiger partial charge in [-0.3, -0.25) is 9.78 Å². The first-order valence-electron chi connectivity index (χ1n) is 5.24. The molecule has 4 nitrogen and oxygen atoms in total. The molecular weight excluding hydrogens is 261 g/mol. The number of hydrogen-bond acceptors (Lipinski definition) is 3. The third kappa shape index (κ3) is 3.56. The Bertz CT molecular complexity index is 348. The molecule has 1 aromatic rings. The van der Waals surface area contributed by atoms with Crippen molar-refractivity contribution in [1.82, 2.24) is 9.88 Å².